The third kappa shape index (κ3) is 9.59. The summed E-state index contributed by atoms with van der Waals surface area (Å²) in [6.45, 7) is 11.7. The number of rotatable bonds is 9. The van der Waals surface area contributed by atoms with Crippen LogP contribution in [0.4, 0.5) is 0 Å². The van der Waals surface area contributed by atoms with Crippen LogP contribution in [0.25, 0.3) is 0 Å². The van der Waals surface area contributed by atoms with Gasteiger partial charge in [-0.2, -0.15) is 0 Å². The lowest BCUT2D eigenvalue weighted by Crippen LogP contribution is -2.52. The highest BCUT2D eigenvalue weighted by Gasteiger charge is 2.25. The Morgan fingerprint density at radius 2 is 1.77 bits per heavy atom. The van der Waals surface area contributed by atoms with Crippen LogP contribution in [0.2, 0.25) is 0 Å². The molecular weight excluding hydrogens is 497 g/mol. The molecule has 8 nitrogen and oxygen atoms in total. The highest BCUT2D eigenvalue weighted by atomic mass is 127. The van der Waals surface area contributed by atoms with E-state index in [1.165, 1.54) is 0 Å². The van der Waals surface area contributed by atoms with Gasteiger partial charge in [-0.3, -0.25) is 9.69 Å². The van der Waals surface area contributed by atoms with Gasteiger partial charge in [0.05, 0.1) is 25.4 Å². The maximum Gasteiger partial charge on any atom is 0.251 e. The molecule has 1 aliphatic heterocycles. The zero-order valence-electron chi connectivity index (χ0n) is 18.2. The quantitative estimate of drug-likeness (QED) is 0.217. The lowest BCUT2D eigenvalue weighted by molar-refractivity contribution is -0.0201. The molecule has 1 amide bonds. The number of amides is 1. The number of carbonyl (C=O) groups excluding carboxylic acids is 1. The number of nitrogens with zero attached hydrogens (tertiary/aromatic N) is 2. The zero-order valence-corrected chi connectivity index (χ0v) is 20.6. The summed E-state index contributed by atoms with van der Waals surface area (Å²) in [4.78, 5) is 18.6. The summed E-state index contributed by atoms with van der Waals surface area (Å²) < 4.78 is 5.36. The molecule has 1 fully saturated rings. The number of aliphatic imine (C=N–C) groups is 1. The van der Waals surface area contributed by atoms with Gasteiger partial charge >= 0.3 is 0 Å². The smallest absolute Gasteiger partial charge is 0.251 e. The fraction of sp³-hybridized carbons (Fsp3) is 0.619. The second-order valence-corrected chi connectivity index (χ2v) is 7.49. The van der Waals surface area contributed by atoms with E-state index in [-0.39, 0.29) is 29.9 Å². The molecule has 0 radical (unpaired) electrons. The minimum atomic E-state index is -0.873. The van der Waals surface area contributed by atoms with E-state index in [0.29, 0.717) is 50.9 Å². The fourth-order valence-corrected chi connectivity index (χ4v) is 3.11. The average Bonchev–Trinajstić information content (AvgIpc) is 2.71. The number of benzene rings is 1. The number of morpholine rings is 1. The van der Waals surface area contributed by atoms with Crippen molar-refractivity contribution < 1.29 is 14.6 Å². The van der Waals surface area contributed by atoms with Gasteiger partial charge in [-0.05, 0) is 38.5 Å². The molecule has 4 N–H and O–H groups in total. The highest BCUT2D eigenvalue weighted by molar-refractivity contribution is 14.0. The number of carbonyl (C=O) groups is 1. The van der Waals surface area contributed by atoms with E-state index < -0.39 is 5.60 Å². The first-order chi connectivity index (χ1) is 13.9. The van der Waals surface area contributed by atoms with E-state index in [1.54, 1.807) is 0 Å². The van der Waals surface area contributed by atoms with Crippen molar-refractivity contribution >= 4 is 35.8 Å². The minimum Gasteiger partial charge on any atom is -0.387 e. The molecule has 1 aromatic rings. The predicted molar refractivity (Wildman–Crippen MR) is 131 cm³/mol. The van der Waals surface area contributed by atoms with Crippen LogP contribution in [0.3, 0.4) is 0 Å². The van der Waals surface area contributed by atoms with Crippen LogP contribution >= 0.6 is 24.0 Å². The second-order valence-electron chi connectivity index (χ2n) is 7.49. The van der Waals surface area contributed by atoms with Gasteiger partial charge in [0.25, 0.3) is 5.91 Å². The Labute approximate surface area is 196 Å². The van der Waals surface area contributed by atoms with E-state index in [2.05, 4.69) is 25.8 Å². The number of hydrogen-bond acceptors (Lipinski definition) is 5. The molecule has 0 aliphatic carbocycles. The summed E-state index contributed by atoms with van der Waals surface area (Å²) in [5.74, 6) is 0.586. The summed E-state index contributed by atoms with van der Waals surface area (Å²) in [5, 5.41) is 20.0. The molecule has 30 heavy (non-hydrogen) atoms. The van der Waals surface area contributed by atoms with Gasteiger partial charge in [0.2, 0.25) is 0 Å². The molecule has 1 unspecified atom stereocenters. The topological polar surface area (TPSA) is 98.2 Å². The number of β-amino-alcohol motifs (C(OH)–C–C–N with tert-alkyl or cyclic N) is 1. The summed E-state index contributed by atoms with van der Waals surface area (Å²) in [6, 6.07) is 7.44. The van der Waals surface area contributed by atoms with E-state index >= 15 is 0 Å². The molecule has 1 heterocycles. The number of ether oxygens (including phenoxy) is 1. The lowest BCUT2D eigenvalue weighted by Gasteiger charge is -2.34. The van der Waals surface area contributed by atoms with Crippen molar-refractivity contribution in [3.05, 3.63) is 35.4 Å². The fourth-order valence-electron chi connectivity index (χ4n) is 3.11. The molecule has 0 bridgehead atoms. The molecular formula is C21H36IN5O3. The van der Waals surface area contributed by atoms with Crippen molar-refractivity contribution in [3.8, 4) is 0 Å². The Balaban J connectivity index is 0.00000450. The zero-order chi connectivity index (χ0) is 21.1. The number of halogens is 1. The average molecular weight is 533 g/mol. The lowest BCUT2D eigenvalue weighted by atomic mass is 10.1. The van der Waals surface area contributed by atoms with Crippen molar-refractivity contribution in [2.24, 2.45) is 4.99 Å². The molecule has 1 aliphatic rings. The standard InChI is InChI=1S/C21H35N5O3.HI/c1-4-22-19(27)18-8-6-17(7-9-18)14-24-20(23-5-2)25-15-21(3,28)16-26-10-12-29-13-11-26;/h6-9,28H,4-5,10-16H2,1-3H3,(H,22,27)(H2,23,24,25);1H. The van der Waals surface area contributed by atoms with Gasteiger partial charge in [0.15, 0.2) is 5.96 Å². The molecule has 1 saturated heterocycles. The Bertz CT molecular complexity index is 661. The van der Waals surface area contributed by atoms with Gasteiger partial charge in [0, 0.05) is 44.8 Å². The molecule has 2 rings (SSSR count). The van der Waals surface area contributed by atoms with Crippen LogP contribution in [0.15, 0.2) is 29.3 Å². The third-order valence-electron chi connectivity index (χ3n) is 4.62. The summed E-state index contributed by atoms with van der Waals surface area (Å²) in [6.07, 6.45) is 0. The SMILES string of the molecule is CCNC(=O)c1ccc(CN=C(NCC)NCC(C)(O)CN2CCOCC2)cc1.I. The van der Waals surface area contributed by atoms with Crippen LogP contribution < -0.4 is 16.0 Å². The van der Waals surface area contributed by atoms with E-state index in [9.17, 15) is 9.90 Å². The summed E-state index contributed by atoms with van der Waals surface area (Å²) >= 11 is 0. The first-order valence-corrected chi connectivity index (χ1v) is 10.4. The molecule has 0 aromatic heterocycles. The summed E-state index contributed by atoms with van der Waals surface area (Å²) in [5.41, 5.74) is 0.779. The van der Waals surface area contributed by atoms with Crippen LogP contribution in [-0.2, 0) is 11.3 Å². The number of guanidine groups is 1. The van der Waals surface area contributed by atoms with Crippen molar-refractivity contribution in [3.63, 3.8) is 0 Å². The predicted octanol–water partition coefficient (Wildman–Crippen LogP) is 1.19. The van der Waals surface area contributed by atoms with Crippen molar-refractivity contribution in [1.29, 1.82) is 0 Å². The van der Waals surface area contributed by atoms with Gasteiger partial charge in [-0.15, -0.1) is 24.0 Å². The van der Waals surface area contributed by atoms with Crippen molar-refractivity contribution in [1.82, 2.24) is 20.9 Å². The van der Waals surface area contributed by atoms with E-state index in [1.807, 2.05) is 45.0 Å². The Morgan fingerprint density at radius 1 is 1.13 bits per heavy atom. The third-order valence-corrected chi connectivity index (χ3v) is 4.62. The molecule has 9 heteroatoms. The Kier molecular flexibility index (Phi) is 12.2. The van der Waals surface area contributed by atoms with Gasteiger partial charge in [-0.25, -0.2) is 4.99 Å². The Morgan fingerprint density at radius 3 is 2.37 bits per heavy atom. The maximum absolute atomic E-state index is 11.8. The number of nitrogens with one attached hydrogen (secondary N) is 3. The molecule has 0 spiro atoms. The summed E-state index contributed by atoms with van der Waals surface area (Å²) in [7, 11) is 0. The van der Waals surface area contributed by atoms with Crippen LogP contribution in [0, 0.1) is 0 Å². The number of aliphatic hydroxyl groups is 1. The maximum atomic E-state index is 11.8. The van der Waals surface area contributed by atoms with Gasteiger partial charge in [-0.1, -0.05) is 12.1 Å². The molecule has 1 atom stereocenters. The monoisotopic (exact) mass is 533 g/mol. The van der Waals surface area contributed by atoms with E-state index in [4.69, 9.17) is 4.74 Å². The minimum absolute atomic E-state index is 0. The van der Waals surface area contributed by atoms with Crippen LogP contribution in [0.5, 0.6) is 0 Å². The Hall–Kier alpha value is -1.43. The molecule has 1 aromatic carbocycles. The van der Waals surface area contributed by atoms with Gasteiger partial charge < -0.3 is 25.8 Å². The van der Waals surface area contributed by atoms with E-state index in [0.717, 1.165) is 25.2 Å². The molecule has 0 saturated carbocycles. The van der Waals surface area contributed by atoms with Crippen LogP contribution in [-0.4, -0.2) is 80.0 Å². The second kappa shape index (κ2) is 13.8. The highest BCUT2D eigenvalue weighted by Crippen LogP contribution is 2.08. The van der Waals surface area contributed by atoms with Crippen molar-refractivity contribution in [2.45, 2.75) is 32.9 Å². The van der Waals surface area contributed by atoms with Crippen molar-refractivity contribution in [2.75, 3.05) is 52.5 Å². The van der Waals surface area contributed by atoms with Crippen LogP contribution in [0.1, 0.15) is 36.7 Å². The first kappa shape index (κ1) is 26.6. The normalized spacial score (nSPS) is 16.9. The number of hydrogen-bond donors (Lipinski definition) is 4. The molecule has 170 valence electrons. The first-order valence-electron chi connectivity index (χ1n) is 10.4. The van der Waals surface area contributed by atoms with Gasteiger partial charge in [0.1, 0.15) is 0 Å². The largest absolute Gasteiger partial charge is 0.387 e.